The van der Waals surface area contributed by atoms with E-state index in [1.165, 1.54) is 0 Å². The zero-order chi connectivity index (χ0) is 12.4. The van der Waals surface area contributed by atoms with Crippen LogP contribution < -0.4 is 5.73 Å². The molecule has 2 rings (SSSR count). The summed E-state index contributed by atoms with van der Waals surface area (Å²) in [6.45, 7) is 4.62. The van der Waals surface area contributed by atoms with Crippen molar-refractivity contribution in [3.8, 4) is 0 Å². The van der Waals surface area contributed by atoms with Crippen molar-refractivity contribution in [2.75, 3.05) is 5.73 Å². The van der Waals surface area contributed by atoms with E-state index in [0.29, 0.717) is 17.1 Å². The zero-order valence-corrected chi connectivity index (χ0v) is 9.97. The van der Waals surface area contributed by atoms with Crippen LogP contribution in [0.25, 0.3) is 0 Å². The van der Waals surface area contributed by atoms with Gasteiger partial charge in [0.15, 0.2) is 5.82 Å². The first-order chi connectivity index (χ1) is 8.11. The number of anilines is 1. The Morgan fingerprint density at radius 1 is 1.41 bits per heavy atom. The van der Waals surface area contributed by atoms with Gasteiger partial charge in [-0.15, -0.1) is 0 Å². The summed E-state index contributed by atoms with van der Waals surface area (Å²) in [5.41, 5.74) is 7.90. The topological polar surface area (TPSA) is 60.9 Å². The van der Waals surface area contributed by atoms with Crippen LogP contribution in [-0.2, 0) is 6.54 Å². The summed E-state index contributed by atoms with van der Waals surface area (Å²) in [7, 11) is 0. The maximum Gasteiger partial charge on any atom is 0.228 e. The van der Waals surface area contributed by atoms with Crippen molar-refractivity contribution >= 4 is 11.5 Å². The smallest absolute Gasteiger partial charge is 0.228 e. The summed E-state index contributed by atoms with van der Waals surface area (Å²) in [6.07, 6.45) is 3.43. The number of nitrogens with two attached hydrogens (primary N) is 1. The molecule has 0 fully saturated rings. The molecule has 0 unspecified atom stereocenters. The number of nitrogen functional groups attached to an aromatic ring is 1. The molecule has 1 heterocycles. The molecule has 4 nitrogen and oxygen atoms in total. The van der Waals surface area contributed by atoms with Gasteiger partial charge in [-0.1, -0.05) is 0 Å². The van der Waals surface area contributed by atoms with E-state index >= 15 is 0 Å². The molecule has 0 aliphatic rings. The average molecular weight is 229 g/mol. The van der Waals surface area contributed by atoms with Crippen LogP contribution in [0, 0.1) is 6.92 Å². The Balaban J connectivity index is 2.43. The van der Waals surface area contributed by atoms with Crippen molar-refractivity contribution < 1.29 is 4.79 Å². The Kier molecular flexibility index (Phi) is 2.95. The van der Waals surface area contributed by atoms with Gasteiger partial charge in [-0.05, 0) is 37.6 Å². The molecule has 0 spiro atoms. The zero-order valence-electron chi connectivity index (χ0n) is 9.97. The number of hydrogen-bond donors (Lipinski definition) is 1. The van der Waals surface area contributed by atoms with E-state index in [4.69, 9.17) is 5.73 Å². The molecule has 0 saturated carbocycles. The van der Waals surface area contributed by atoms with Gasteiger partial charge in [0.2, 0.25) is 5.78 Å². The molecule has 0 bridgehead atoms. The molecule has 1 aromatic heterocycles. The quantitative estimate of drug-likeness (QED) is 0.647. The minimum absolute atomic E-state index is 0.0905. The third-order valence-corrected chi connectivity index (χ3v) is 2.62. The van der Waals surface area contributed by atoms with Crippen LogP contribution in [0.2, 0.25) is 0 Å². The van der Waals surface area contributed by atoms with Gasteiger partial charge in [0, 0.05) is 30.2 Å². The Morgan fingerprint density at radius 3 is 2.82 bits per heavy atom. The number of carbonyl (C=O) groups excluding carboxylic acids is 1. The molecular formula is C13H15N3O. The van der Waals surface area contributed by atoms with Gasteiger partial charge >= 0.3 is 0 Å². The predicted octanol–water partition coefficient (Wildman–Crippen LogP) is 2.02. The van der Waals surface area contributed by atoms with E-state index in [1.807, 2.05) is 30.5 Å². The molecular weight excluding hydrogens is 214 g/mol. The van der Waals surface area contributed by atoms with Crippen molar-refractivity contribution in [3.05, 3.63) is 47.5 Å². The van der Waals surface area contributed by atoms with Crippen molar-refractivity contribution in [3.63, 3.8) is 0 Å². The summed E-state index contributed by atoms with van der Waals surface area (Å²) in [6, 6.07) is 5.35. The molecule has 2 N–H and O–H groups in total. The van der Waals surface area contributed by atoms with Gasteiger partial charge in [0.25, 0.3) is 0 Å². The van der Waals surface area contributed by atoms with E-state index in [-0.39, 0.29) is 5.78 Å². The third kappa shape index (κ3) is 2.20. The second-order valence-electron chi connectivity index (χ2n) is 4.00. The molecule has 88 valence electrons. The highest BCUT2D eigenvalue weighted by molar-refractivity contribution is 6.07. The largest absolute Gasteiger partial charge is 0.399 e. The number of hydrogen-bond acceptors (Lipinski definition) is 3. The van der Waals surface area contributed by atoms with Crippen LogP contribution in [0.3, 0.4) is 0 Å². The van der Waals surface area contributed by atoms with Crippen LogP contribution in [0.1, 0.15) is 28.7 Å². The summed E-state index contributed by atoms with van der Waals surface area (Å²) >= 11 is 0. The Hall–Kier alpha value is -2.10. The monoisotopic (exact) mass is 229 g/mol. The van der Waals surface area contributed by atoms with E-state index < -0.39 is 0 Å². The fraction of sp³-hybridized carbons (Fsp3) is 0.231. The second-order valence-corrected chi connectivity index (χ2v) is 4.00. The molecule has 0 atom stereocenters. The maximum absolute atomic E-state index is 12.3. The van der Waals surface area contributed by atoms with Gasteiger partial charge < -0.3 is 10.3 Å². The summed E-state index contributed by atoms with van der Waals surface area (Å²) in [5.74, 6) is 0.366. The van der Waals surface area contributed by atoms with Crippen molar-refractivity contribution in [2.24, 2.45) is 0 Å². The second kappa shape index (κ2) is 4.41. The molecule has 4 heteroatoms. The standard InChI is InChI=1S/C13H15N3O/c1-3-16-5-4-15-13(16)12(17)10-6-9(2)7-11(14)8-10/h4-8H,3,14H2,1-2H3. The summed E-state index contributed by atoms with van der Waals surface area (Å²) in [4.78, 5) is 16.3. The lowest BCUT2D eigenvalue weighted by molar-refractivity contribution is 0.102. The first-order valence-corrected chi connectivity index (χ1v) is 5.55. The molecule has 0 amide bonds. The number of rotatable bonds is 3. The molecule has 0 radical (unpaired) electrons. The number of nitrogens with zero attached hydrogens (tertiary/aromatic N) is 2. The van der Waals surface area contributed by atoms with E-state index in [1.54, 1.807) is 18.5 Å². The highest BCUT2D eigenvalue weighted by Crippen LogP contribution is 2.15. The number of aromatic nitrogens is 2. The predicted molar refractivity (Wildman–Crippen MR) is 66.9 cm³/mol. The SMILES string of the molecule is CCn1ccnc1C(=O)c1cc(C)cc(N)c1. The summed E-state index contributed by atoms with van der Waals surface area (Å²) < 4.78 is 1.82. The lowest BCUT2D eigenvalue weighted by atomic mass is 10.1. The highest BCUT2D eigenvalue weighted by atomic mass is 16.1. The minimum Gasteiger partial charge on any atom is -0.399 e. The van der Waals surface area contributed by atoms with Crippen LogP contribution in [-0.4, -0.2) is 15.3 Å². The fourth-order valence-electron chi connectivity index (χ4n) is 1.85. The van der Waals surface area contributed by atoms with Crippen molar-refractivity contribution in [1.82, 2.24) is 9.55 Å². The van der Waals surface area contributed by atoms with Crippen molar-refractivity contribution in [1.29, 1.82) is 0 Å². The number of ketones is 1. The first kappa shape index (κ1) is 11.4. The molecule has 0 aliphatic carbocycles. The van der Waals surface area contributed by atoms with Gasteiger partial charge in [-0.2, -0.15) is 0 Å². The van der Waals surface area contributed by atoms with Crippen LogP contribution in [0.15, 0.2) is 30.6 Å². The lowest BCUT2D eigenvalue weighted by Gasteiger charge is -2.05. The Bertz CT molecular complexity index is 537. The number of carbonyl (C=O) groups is 1. The van der Waals surface area contributed by atoms with Crippen LogP contribution in [0.5, 0.6) is 0 Å². The van der Waals surface area contributed by atoms with Crippen LogP contribution >= 0.6 is 0 Å². The molecule has 17 heavy (non-hydrogen) atoms. The minimum atomic E-state index is -0.0905. The molecule has 0 aliphatic heterocycles. The maximum atomic E-state index is 12.3. The van der Waals surface area contributed by atoms with Crippen LogP contribution in [0.4, 0.5) is 5.69 Å². The molecule has 0 saturated heterocycles. The van der Waals surface area contributed by atoms with Gasteiger partial charge in [-0.3, -0.25) is 4.79 Å². The van der Waals surface area contributed by atoms with Gasteiger partial charge in [-0.25, -0.2) is 4.98 Å². The Labute approximate surface area is 100 Å². The van der Waals surface area contributed by atoms with Gasteiger partial charge in [0.05, 0.1) is 0 Å². The lowest BCUT2D eigenvalue weighted by Crippen LogP contribution is -2.11. The fourth-order valence-corrected chi connectivity index (χ4v) is 1.85. The molecule has 2 aromatic rings. The average Bonchev–Trinajstić information content (AvgIpc) is 2.74. The van der Waals surface area contributed by atoms with Crippen molar-refractivity contribution in [2.45, 2.75) is 20.4 Å². The Morgan fingerprint density at radius 2 is 2.18 bits per heavy atom. The number of aryl methyl sites for hydroxylation is 2. The molecule has 1 aromatic carbocycles. The normalized spacial score (nSPS) is 10.5. The highest BCUT2D eigenvalue weighted by Gasteiger charge is 2.15. The number of benzene rings is 1. The van der Waals surface area contributed by atoms with E-state index in [0.717, 1.165) is 12.1 Å². The van der Waals surface area contributed by atoms with E-state index in [9.17, 15) is 4.79 Å². The number of imidazole rings is 1. The summed E-state index contributed by atoms with van der Waals surface area (Å²) in [5, 5.41) is 0. The van der Waals surface area contributed by atoms with Gasteiger partial charge in [0.1, 0.15) is 0 Å². The van der Waals surface area contributed by atoms with E-state index in [2.05, 4.69) is 4.98 Å². The third-order valence-electron chi connectivity index (χ3n) is 2.62. The first-order valence-electron chi connectivity index (χ1n) is 5.55.